The Labute approximate surface area is 193 Å². The van der Waals surface area contributed by atoms with Gasteiger partial charge in [0, 0.05) is 26.2 Å². The largest absolute Gasteiger partial charge is 2.00 e. The van der Waals surface area contributed by atoms with Crippen LogP contribution in [0.15, 0.2) is 45.6 Å². The van der Waals surface area contributed by atoms with Crippen LogP contribution >= 0.6 is 0 Å². The predicted octanol–water partition coefficient (Wildman–Crippen LogP) is -8.86. The summed E-state index contributed by atoms with van der Waals surface area (Å²) >= 11 is 0. The number of furan rings is 2. The molecule has 1 radical (unpaired) electrons. The van der Waals surface area contributed by atoms with Gasteiger partial charge in [0.2, 0.25) is 0 Å². The average Bonchev–Trinajstić information content (AvgIpc) is 3.26. The molecular formula is C14H24Cl2CuN4O10. The van der Waals surface area contributed by atoms with Crippen molar-refractivity contribution in [3.8, 4) is 0 Å². The zero-order valence-corrected chi connectivity index (χ0v) is 18.5. The summed E-state index contributed by atoms with van der Waals surface area (Å²) in [5.74, 6) is 1.90. The molecule has 0 aliphatic rings. The Kier molecular flexibility index (Phi) is 23.6. The smallest absolute Gasteiger partial charge is 0.468 e. The number of nitrogens with two attached hydrogens (primary N) is 2. The standard InChI is InChI=1S/2C7H12N2O.2ClHO4.Cu/c2*8-3-4-9-6-7-2-1-5-10-7;2*2-1(3,4)5;/h2*1-2,5,9H,3-4,6,8H2;2*(H,2,3,4,5);/q;;;;+2/p-2. The fraction of sp³-hybridized carbons (Fsp3) is 0.429. The second-order valence-corrected chi connectivity index (χ2v) is 6.36. The fourth-order valence-electron chi connectivity index (χ4n) is 1.45. The normalized spacial score (nSPS) is 10.4. The SMILES string of the molecule is NCCNCc1ccco1.NCCNCc1ccco1.[Cu+2].[O-][Cl+3]([O-])([O-])[O-].[O-][Cl+3]([O-])([O-])[O-]. The summed E-state index contributed by atoms with van der Waals surface area (Å²) in [6.45, 7) is 4.54. The molecule has 2 aromatic heterocycles. The van der Waals surface area contributed by atoms with Crippen molar-refractivity contribution in [2.45, 2.75) is 13.1 Å². The molecule has 14 nitrogen and oxygen atoms in total. The van der Waals surface area contributed by atoms with E-state index in [0.29, 0.717) is 13.1 Å². The number of hydrogen-bond acceptors (Lipinski definition) is 14. The second kappa shape index (κ2) is 21.0. The van der Waals surface area contributed by atoms with Gasteiger partial charge in [-0.3, -0.25) is 0 Å². The van der Waals surface area contributed by atoms with Gasteiger partial charge in [0.1, 0.15) is 11.5 Å². The van der Waals surface area contributed by atoms with E-state index in [9.17, 15) is 0 Å². The summed E-state index contributed by atoms with van der Waals surface area (Å²) in [5, 5.41) is 6.24. The van der Waals surface area contributed by atoms with Gasteiger partial charge in [-0.15, -0.1) is 20.5 Å². The van der Waals surface area contributed by atoms with Gasteiger partial charge < -0.3 is 30.9 Å². The first-order chi connectivity index (χ1) is 13.9. The molecule has 185 valence electrons. The van der Waals surface area contributed by atoms with Crippen LogP contribution in [-0.2, 0) is 30.2 Å². The van der Waals surface area contributed by atoms with Crippen LogP contribution < -0.4 is 59.4 Å². The van der Waals surface area contributed by atoms with E-state index in [2.05, 4.69) is 10.6 Å². The minimum absolute atomic E-state index is 0. The molecule has 2 rings (SSSR count). The van der Waals surface area contributed by atoms with Crippen molar-refractivity contribution in [1.29, 1.82) is 0 Å². The molecule has 0 atom stereocenters. The van der Waals surface area contributed by atoms with Crippen LogP contribution in [0.2, 0.25) is 0 Å². The van der Waals surface area contributed by atoms with Crippen LogP contribution in [0.5, 0.6) is 0 Å². The van der Waals surface area contributed by atoms with E-state index in [1.807, 2.05) is 24.3 Å². The summed E-state index contributed by atoms with van der Waals surface area (Å²) in [6.07, 6.45) is 3.33. The number of nitrogens with one attached hydrogen (secondary N) is 2. The molecule has 0 spiro atoms. The van der Waals surface area contributed by atoms with Gasteiger partial charge in [-0.1, -0.05) is 0 Å². The average molecular weight is 543 g/mol. The van der Waals surface area contributed by atoms with E-state index in [4.69, 9.17) is 57.6 Å². The number of halogens is 2. The molecule has 0 saturated heterocycles. The van der Waals surface area contributed by atoms with Crippen LogP contribution in [0, 0.1) is 20.5 Å². The first-order valence-corrected chi connectivity index (χ1v) is 10.4. The quantitative estimate of drug-likeness (QED) is 0.178. The first-order valence-electron chi connectivity index (χ1n) is 7.96. The zero-order chi connectivity index (χ0) is 23.5. The molecule has 0 saturated carbocycles. The van der Waals surface area contributed by atoms with E-state index in [0.717, 1.165) is 37.7 Å². The molecule has 6 N–H and O–H groups in total. The van der Waals surface area contributed by atoms with Crippen molar-refractivity contribution in [3.05, 3.63) is 48.3 Å². The van der Waals surface area contributed by atoms with Crippen LogP contribution in [0.4, 0.5) is 0 Å². The minimum atomic E-state index is -4.94. The van der Waals surface area contributed by atoms with Crippen LogP contribution in [0.1, 0.15) is 11.5 Å². The third kappa shape index (κ3) is 40.1. The summed E-state index contributed by atoms with van der Waals surface area (Å²) in [5.41, 5.74) is 10.5. The molecule has 0 bridgehead atoms. The van der Waals surface area contributed by atoms with Crippen LogP contribution in [0.3, 0.4) is 0 Å². The van der Waals surface area contributed by atoms with Crippen LogP contribution in [-0.4, -0.2) is 26.2 Å². The van der Waals surface area contributed by atoms with Gasteiger partial charge in [-0.05, 0) is 24.3 Å². The van der Waals surface area contributed by atoms with E-state index in [-0.39, 0.29) is 17.1 Å². The van der Waals surface area contributed by atoms with Gasteiger partial charge in [0.25, 0.3) is 0 Å². The molecule has 0 aliphatic heterocycles. The number of rotatable bonds is 8. The molecule has 0 fully saturated rings. The van der Waals surface area contributed by atoms with Crippen molar-refractivity contribution >= 4 is 0 Å². The minimum Gasteiger partial charge on any atom is -0.468 e. The second-order valence-electron chi connectivity index (χ2n) is 4.85. The summed E-state index contributed by atoms with van der Waals surface area (Å²) in [7, 11) is -9.89. The Hall–Kier alpha value is -0.821. The van der Waals surface area contributed by atoms with Crippen molar-refractivity contribution in [2.24, 2.45) is 11.5 Å². The van der Waals surface area contributed by atoms with E-state index in [1.165, 1.54) is 0 Å². The first kappa shape index (κ1) is 34.8. The van der Waals surface area contributed by atoms with Crippen molar-refractivity contribution in [3.63, 3.8) is 0 Å². The summed E-state index contributed by atoms with van der Waals surface area (Å²) in [6, 6.07) is 7.62. The van der Waals surface area contributed by atoms with Gasteiger partial charge in [-0.2, -0.15) is 0 Å². The molecule has 17 heteroatoms. The number of hydrogen-bond donors (Lipinski definition) is 4. The third-order valence-electron chi connectivity index (χ3n) is 2.40. The maximum atomic E-state index is 8.49. The molecule has 0 aliphatic carbocycles. The predicted molar refractivity (Wildman–Crippen MR) is 78.9 cm³/mol. The zero-order valence-electron chi connectivity index (χ0n) is 16.0. The third-order valence-corrected chi connectivity index (χ3v) is 2.40. The maximum absolute atomic E-state index is 8.49. The van der Waals surface area contributed by atoms with E-state index >= 15 is 0 Å². The molecule has 31 heavy (non-hydrogen) atoms. The Morgan fingerprint density at radius 3 is 1.16 bits per heavy atom. The molecular weight excluding hydrogens is 519 g/mol. The van der Waals surface area contributed by atoms with Gasteiger partial charge in [-0.25, -0.2) is 37.3 Å². The Morgan fingerprint density at radius 1 is 0.677 bits per heavy atom. The summed E-state index contributed by atoms with van der Waals surface area (Å²) in [4.78, 5) is 0. The van der Waals surface area contributed by atoms with Gasteiger partial charge in [0.15, 0.2) is 0 Å². The van der Waals surface area contributed by atoms with Crippen molar-refractivity contribution < 1.29 is 83.7 Å². The fourth-order valence-corrected chi connectivity index (χ4v) is 1.45. The van der Waals surface area contributed by atoms with E-state index < -0.39 is 20.5 Å². The Morgan fingerprint density at radius 2 is 0.968 bits per heavy atom. The molecule has 2 aromatic rings. The summed E-state index contributed by atoms with van der Waals surface area (Å²) < 4.78 is 78.1. The van der Waals surface area contributed by atoms with Crippen molar-refractivity contribution in [2.75, 3.05) is 26.2 Å². The molecule has 0 amide bonds. The Balaban J connectivity index is -0.000000353. The Bertz CT molecular complexity index is 519. The van der Waals surface area contributed by atoms with Gasteiger partial charge >= 0.3 is 17.1 Å². The van der Waals surface area contributed by atoms with Crippen molar-refractivity contribution in [1.82, 2.24) is 10.6 Å². The van der Waals surface area contributed by atoms with Gasteiger partial charge in [0.05, 0.1) is 25.6 Å². The molecule has 0 unspecified atom stereocenters. The topological polar surface area (TPSA) is 287 Å². The molecule has 2 heterocycles. The van der Waals surface area contributed by atoms with Crippen LogP contribution in [0.25, 0.3) is 0 Å². The van der Waals surface area contributed by atoms with E-state index in [1.54, 1.807) is 12.5 Å². The molecule has 0 aromatic carbocycles. The monoisotopic (exact) mass is 541 g/mol. The maximum Gasteiger partial charge on any atom is 2.00 e.